The normalized spacial score (nSPS) is 11.5. The Balaban J connectivity index is 1.67. The quantitative estimate of drug-likeness (QED) is 0.391. The number of amides is 2. The Morgan fingerprint density at radius 1 is 1.16 bits per heavy atom. The van der Waals surface area contributed by atoms with Gasteiger partial charge in [-0.1, -0.05) is 48.2 Å². The molecule has 9 heteroatoms. The zero-order chi connectivity index (χ0) is 22.2. The molecule has 0 fully saturated rings. The van der Waals surface area contributed by atoms with E-state index in [4.69, 9.17) is 0 Å². The van der Waals surface area contributed by atoms with Crippen molar-refractivity contribution in [2.45, 2.75) is 24.7 Å². The predicted molar refractivity (Wildman–Crippen MR) is 118 cm³/mol. The molecule has 0 aliphatic heterocycles. The van der Waals surface area contributed by atoms with Gasteiger partial charge in [-0.2, -0.15) is 0 Å². The number of thioether (sulfide) groups is 1. The standard InChI is InChI=1S/C22H22FN5O2S/c1-3-13-28-20(15(2)24-21(30)17-11-7-8-12-18(17)23)26-27-22(28)31-14-19(29)25-16-9-5-4-6-10-16/h3-12,15H,1,13-14H2,2H3,(H,24,30)(H,25,29). The Kier molecular flexibility index (Phi) is 7.55. The van der Waals surface area contributed by atoms with Gasteiger partial charge in [0.1, 0.15) is 5.82 Å². The molecule has 3 aromatic rings. The summed E-state index contributed by atoms with van der Waals surface area (Å²) < 4.78 is 15.6. The van der Waals surface area contributed by atoms with Gasteiger partial charge in [0.05, 0.1) is 17.4 Å². The van der Waals surface area contributed by atoms with Crippen LogP contribution in [0.3, 0.4) is 0 Å². The van der Waals surface area contributed by atoms with Gasteiger partial charge in [0.2, 0.25) is 5.91 Å². The minimum atomic E-state index is -0.597. The maximum atomic E-state index is 13.9. The monoisotopic (exact) mass is 439 g/mol. The van der Waals surface area contributed by atoms with Crippen molar-refractivity contribution in [3.63, 3.8) is 0 Å². The van der Waals surface area contributed by atoms with E-state index in [1.165, 1.54) is 30.0 Å². The minimum absolute atomic E-state index is 0.0451. The number of benzene rings is 2. The van der Waals surface area contributed by atoms with Crippen LogP contribution in [0.2, 0.25) is 0 Å². The first kappa shape index (κ1) is 22.2. The van der Waals surface area contributed by atoms with Crippen molar-refractivity contribution in [3.05, 3.63) is 84.5 Å². The predicted octanol–water partition coefficient (Wildman–Crippen LogP) is 3.83. The van der Waals surface area contributed by atoms with Gasteiger partial charge in [0.15, 0.2) is 11.0 Å². The Bertz CT molecular complexity index is 1070. The molecule has 1 atom stereocenters. The van der Waals surface area contributed by atoms with Gasteiger partial charge in [-0.25, -0.2) is 4.39 Å². The van der Waals surface area contributed by atoms with Gasteiger partial charge >= 0.3 is 0 Å². The molecular formula is C22H22FN5O2S. The fraction of sp³-hybridized carbons (Fsp3) is 0.182. The van der Waals surface area contributed by atoms with E-state index < -0.39 is 17.8 Å². The lowest BCUT2D eigenvalue weighted by molar-refractivity contribution is -0.113. The second-order valence-electron chi connectivity index (χ2n) is 6.62. The summed E-state index contributed by atoms with van der Waals surface area (Å²) in [6, 6.07) is 14.4. The van der Waals surface area contributed by atoms with Crippen molar-refractivity contribution in [3.8, 4) is 0 Å². The fourth-order valence-electron chi connectivity index (χ4n) is 2.86. The summed E-state index contributed by atoms with van der Waals surface area (Å²) >= 11 is 1.23. The maximum Gasteiger partial charge on any atom is 0.254 e. The summed E-state index contributed by atoms with van der Waals surface area (Å²) in [5, 5.41) is 14.4. The van der Waals surface area contributed by atoms with Gasteiger partial charge in [0.25, 0.3) is 5.91 Å². The summed E-state index contributed by atoms with van der Waals surface area (Å²) in [6.07, 6.45) is 1.67. The van der Waals surface area contributed by atoms with Crippen molar-refractivity contribution in [2.24, 2.45) is 0 Å². The van der Waals surface area contributed by atoms with E-state index in [1.807, 2.05) is 18.2 Å². The average Bonchev–Trinajstić information content (AvgIpc) is 3.16. The zero-order valence-electron chi connectivity index (χ0n) is 16.9. The van der Waals surface area contributed by atoms with E-state index in [-0.39, 0.29) is 17.2 Å². The van der Waals surface area contributed by atoms with Gasteiger partial charge < -0.3 is 15.2 Å². The van der Waals surface area contributed by atoms with Crippen LogP contribution in [0.25, 0.3) is 0 Å². The van der Waals surface area contributed by atoms with Crippen LogP contribution >= 0.6 is 11.8 Å². The number of nitrogens with one attached hydrogen (secondary N) is 2. The molecule has 0 aliphatic rings. The summed E-state index contributed by atoms with van der Waals surface area (Å²) in [5.41, 5.74) is 0.669. The smallest absolute Gasteiger partial charge is 0.254 e. The average molecular weight is 440 g/mol. The lowest BCUT2D eigenvalue weighted by Gasteiger charge is -2.15. The number of halogens is 1. The highest BCUT2D eigenvalue weighted by Gasteiger charge is 2.21. The first-order valence-electron chi connectivity index (χ1n) is 9.56. The molecule has 0 bridgehead atoms. The molecule has 0 radical (unpaired) electrons. The molecule has 0 saturated heterocycles. The van der Waals surface area contributed by atoms with E-state index in [0.29, 0.717) is 23.2 Å². The molecule has 2 aromatic carbocycles. The SMILES string of the molecule is C=CCn1c(SCC(=O)Nc2ccccc2)nnc1C(C)NC(=O)c1ccccc1F. The van der Waals surface area contributed by atoms with Crippen molar-refractivity contribution in [1.82, 2.24) is 20.1 Å². The number of rotatable bonds is 9. The summed E-state index contributed by atoms with van der Waals surface area (Å²) in [5.74, 6) is -0.696. The Labute approximate surface area is 183 Å². The Hall–Kier alpha value is -3.46. The van der Waals surface area contributed by atoms with Crippen LogP contribution in [0.1, 0.15) is 29.1 Å². The second kappa shape index (κ2) is 10.5. The van der Waals surface area contributed by atoms with Crippen LogP contribution in [0.5, 0.6) is 0 Å². The second-order valence-corrected chi connectivity index (χ2v) is 7.56. The molecule has 2 N–H and O–H groups in total. The van der Waals surface area contributed by atoms with E-state index in [0.717, 1.165) is 0 Å². The topological polar surface area (TPSA) is 88.9 Å². The number of nitrogens with zero attached hydrogens (tertiary/aromatic N) is 3. The highest BCUT2D eigenvalue weighted by Crippen LogP contribution is 2.21. The lowest BCUT2D eigenvalue weighted by atomic mass is 10.2. The molecule has 2 amide bonds. The van der Waals surface area contributed by atoms with Crippen LogP contribution in [-0.4, -0.2) is 32.3 Å². The molecule has 1 unspecified atom stereocenters. The largest absolute Gasteiger partial charge is 0.342 e. The third kappa shape index (κ3) is 5.79. The van der Waals surface area contributed by atoms with Crippen LogP contribution in [0.4, 0.5) is 10.1 Å². The van der Waals surface area contributed by atoms with E-state index in [1.54, 1.807) is 35.8 Å². The van der Waals surface area contributed by atoms with Crippen LogP contribution in [-0.2, 0) is 11.3 Å². The molecule has 3 rings (SSSR count). The lowest BCUT2D eigenvalue weighted by Crippen LogP contribution is -2.29. The van der Waals surface area contributed by atoms with E-state index in [2.05, 4.69) is 27.4 Å². The first-order valence-corrected chi connectivity index (χ1v) is 10.5. The highest BCUT2D eigenvalue weighted by molar-refractivity contribution is 7.99. The number of allylic oxidation sites excluding steroid dienone is 1. The molecule has 31 heavy (non-hydrogen) atoms. The number of carbonyl (C=O) groups is 2. The first-order chi connectivity index (χ1) is 15.0. The molecule has 0 spiro atoms. The number of aromatic nitrogens is 3. The van der Waals surface area contributed by atoms with Crippen molar-refractivity contribution in [2.75, 3.05) is 11.1 Å². The molecule has 0 saturated carbocycles. The van der Waals surface area contributed by atoms with Crippen molar-refractivity contribution < 1.29 is 14.0 Å². The number of hydrogen-bond donors (Lipinski definition) is 2. The van der Waals surface area contributed by atoms with Crippen LogP contribution in [0, 0.1) is 5.82 Å². The third-order valence-corrected chi connectivity index (χ3v) is 5.27. The summed E-state index contributed by atoms with van der Waals surface area (Å²) in [6.45, 7) is 5.88. The molecule has 7 nitrogen and oxygen atoms in total. The zero-order valence-corrected chi connectivity index (χ0v) is 17.7. The Morgan fingerprint density at radius 3 is 2.58 bits per heavy atom. The fourth-order valence-corrected chi connectivity index (χ4v) is 3.62. The number of hydrogen-bond acceptors (Lipinski definition) is 5. The number of carbonyl (C=O) groups excluding carboxylic acids is 2. The maximum absolute atomic E-state index is 13.9. The van der Waals surface area contributed by atoms with Crippen LogP contribution < -0.4 is 10.6 Å². The van der Waals surface area contributed by atoms with Gasteiger partial charge in [-0.15, -0.1) is 16.8 Å². The summed E-state index contributed by atoms with van der Waals surface area (Å²) in [4.78, 5) is 24.7. The minimum Gasteiger partial charge on any atom is -0.342 e. The molecular weight excluding hydrogens is 417 g/mol. The Morgan fingerprint density at radius 2 is 1.87 bits per heavy atom. The third-order valence-electron chi connectivity index (χ3n) is 4.30. The van der Waals surface area contributed by atoms with Gasteiger partial charge in [-0.3, -0.25) is 9.59 Å². The molecule has 0 aliphatic carbocycles. The van der Waals surface area contributed by atoms with E-state index >= 15 is 0 Å². The molecule has 1 aromatic heterocycles. The molecule has 1 heterocycles. The van der Waals surface area contributed by atoms with E-state index in [9.17, 15) is 14.0 Å². The van der Waals surface area contributed by atoms with Gasteiger partial charge in [-0.05, 0) is 31.2 Å². The van der Waals surface area contributed by atoms with Crippen molar-refractivity contribution >= 4 is 29.3 Å². The van der Waals surface area contributed by atoms with Crippen LogP contribution in [0.15, 0.2) is 72.4 Å². The number of para-hydroxylation sites is 1. The van der Waals surface area contributed by atoms with Gasteiger partial charge in [0, 0.05) is 12.2 Å². The van der Waals surface area contributed by atoms with Crippen molar-refractivity contribution in [1.29, 1.82) is 0 Å². The molecule has 160 valence electrons. The highest BCUT2D eigenvalue weighted by atomic mass is 32.2. The summed E-state index contributed by atoms with van der Waals surface area (Å²) in [7, 11) is 0. The number of anilines is 1.